The lowest BCUT2D eigenvalue weighted by molar-refractivity contribution is 0.0955. The Morgan fingerprint density at radius 1 is 0.967 bits per heavy atom. The van der Waals surface area contributed by atoms with Crippen molar-refractivity contribution in [2.75, 3.05) is 13.7 Å². The number of para-hydroxylation sites is 1. The second kappa shape index (κ2) is 9.06. The third-order valence-corrected chi connectivity index (χ3v) is 5.41. The first kappa shape index (κ1) is 20.0. The fourth-order valence-electron chi connectivity index (χ4n) is 3.55. The summed E-state index contributed by atoms with van der Waals surface area (Å²) in [6.45, 7) is 1.25. The van der Waals surface area contributed by atoms with Gasteiger partial charge in [-0.15, -0.1) is 0 Å². The lowest BCUT2D eigenvalue weighted by atomic mass is 10.1. The van der Waals surface area contributed by atoms with E-state index in [1.54, 1.807) is 7.11 Å². The molecule has 0 aliphatic carbocycles. The van der Waals surface area contributed by atoms with Gasteiger partial charge < -0.3 is 14.6 Å². The van der Waals surface area contributed by atoms with Crippen molar-refractivity contribution in [3.8, 4) is 5.75 Å². The number of hydrogen-bond acceptors (Lipinski definition) is 2. The molecule has 0 spiro atoms. The molecule has 0 saturated carbocycles. The average Bonchev–Trinajstić information content (AvgIpc) is 3.14. The number of rotatable bonds is 7. The van der Waals surface area contributed by atoms with Gasteiger partial charge in [0.15, 0.2) is 0 Å². The SMILES string of the molecule is COc1ccc(CCNC(=O)c2cn(Cc3ccc(Cl)cc3)c3ccccc23)cc1. The van der Waals surface area contributed by atoms with Crippen LogP contribution < -0.4 is 10.1 Å². The summed E-state index contributed by atoms with van der Waals surface area (Å²) in [6, 6.07) is 23.7. The smallest absolute Gasteiger partial charge is 0.253 e. The topological polar surface area (TPSA) is 43.3 Å². The van der Waals surface area contributed by atoms with E-state index in [0.29, 0.717) is 23.7 Å². The van der Waals surface area contributed by atoms with Crippen LogP contribution in [0.5, 0.6) is 5.75 Å². The van der Waals surface area contributed by atoms with Crippen molar-refractivity contribution in [1.29, 1.82) is 0 Å². The van der Waals surface area contributed by atoms with Crippen LogP contribution in [0.4, 0.5) is 0 Å². The molecule has 0 radical (unpaired) electrons. The number of nitrogens with zero attached hydrogens (tertiary/aromatic N) is 1. The van der Waals surface area contributed by atoms with Crippen molar-refractivity contribution in [1.82, 2.24) is 9.88 Å². The number of hydrogen-bond donors (Lipinski definition) is 1. The van der Waals surface area contributed by atoms with Gasteiger partial charge in [-0.25, -0.2) is 0 Å². The van der Waals surface area contributed by atoms with Crippen LogP contribution in [0.25, 0.3) is 10.9 Å². The Labute approximate surface area is 181 Å². The number of benzene rings is 3. The Balaban J connectivity index is 1.48. The zero-order chi connectivity index (χ0) is 20.9. The van der Waals surface area contributed by atoms with Gasteiger partial charge in [-0.1, -0.05) is 54.1 Å². The van der Waals surface area contributed by atoms with Crippen LogP contribution in [0, 0.1) is 0 Å². The summed E-state index contributed by atoms with van der Waals surface area (Å²) in [5.41, 5.74) is 4.01. The molecule has 1 heterocycles. The molecule has 4 nitrogen and oxygen atoms in total. The number of ether oxygens (including phenoxy) is 1. The summed E-state index contributed by atoms with van der Waals surface area (Å²) < 4.78 is 7.29. The maximum absolute atomic E-state index is 12.9. The molecule has 4 rings (SSSR count). The van der Waals surface area contributed by atoms with Crippen LogP contribution in [0.1, 0.15) is 21.5 Å². The lowest BCUT2D eigenvalue weighted by Crippen LogP contribution is -2.25. The highest BCUT2D eigenvalue weighted by Gasteiger charge is 2.14. The monoisotopic (exact) mass is 418 g/mol. The molecule has 0 saturated heterocycles. The minimum absolute atomic E-state index is 0.0606. The van der Waals surface area contributed by atoms with Gasteiger partial charge in [0.25, 0.3) is 5.91 Å². The first-order valence-corrected chi connectivity index (χ1v) is 10.3. The van der Waals surface area contributed by atoms with Crippen molar-refractivity contribution in [2.24, 2.45) is 0 Å². The van der Waals surface area contributed by atoms with E-state index in [4.69, 9.17) is 16.3 Å². The minimum atomic E-state index is -0.0606. The van der Waals surface area contributed by atoms with Crippen molar-refractivity contribution in [3.63, 3.8) is 0 Å². The highest BCUT2D eigenvalue weighted by atomic mass is 35.5. The van der Waals surface area contributed by atoms with E-state index in [1.165, 1.54) is 0 Å². The number of halogens is 1. The summed E-state index contributed by atoms with van der Waals surface area (Å²) in [6.07, 6.45) is 2.70. The van der Waals surface area contributed by atoms with Crippen LogP contribution in [0.2, 0.25) is 5.02 Å². The van der Waals surface area contributed by atoms with Crippen molar-refractivity contribution >= 4 is 28.4 Å². The molecule has 0 atom stereocenters. The van der Waals surface area contributed by atoms with E-state index in [2.05, 4.69) is 9.88 Å². The first-order chi connectivity index (χ1) is 14.6. The Kier molecular flexibility index (Phi) is 6.05. The summed E-state index contributed by atoms with van der Waals surface area (Å²) in [7, 11) is 1.65. The summed E-state index contributed by atoms with van der Waals surface area (Å²) >= 11 is 6.00. The van der Waals surface area contributed by atoms with Gasteiger partial charge in [-0.2, -0.15) is 0 Å². The third kappa shape index (κ3) is 4.50. The molecular formula is C25H23ClN2O2. The summed E-state index contributed by atoms with van der Waals surface area (Å²) in [4.78, 5) is 12.9. The minimum Gasteiger partial charge on any atom is -0.497 e. The van der Waals surface area contributed by atoms with E-state index in [-0.39, 0.29) is 5.91 Å². The van der Waals surface area contributed by atoms with E-state index in [0.717, 1.165) is 34.2 Å². The van der Waals surface area contributed by atoms with E-state index in [9.17, 15) is 4.79 Å². The van der Waals surface area contributed by atoms with Crippen molar-refractivity contribution in [3.05, 3.63) is 101 Å². The lowest BCUT2D eigenvalue weighted by Gasteiger charge is -2.06. The molecule has 3 aromatic carbocycles. The van der Waals surface area contributed by atoms with Crippen LogP contribution in [-0.2, 0) is 13.0 Å². The van der Waals surface area contributed by atoms with Crippen molar-refractivity contribution in [2.45, 2.75) is 13.0 Å². The molecule has 0 unspecified atom stereocenters. The van der Waals surface area contributed by atoms with Crippen molar-refractivity contribution < 1.29 is 9.53 Å². The maximum atomic E-state index is 12.9. The maximum Gasteiger partial charge on any atom is 0.253 e. The van der Waals surface area contributed by atoms with Gasteiger partial charge in [-0.3, -0.25) is 4.79 Å². The van der Waals surface area contributed by atoms with Gasteiger partial charge in [0.1, 0.15) is 5.75 Å². The second-order valence-electron chi connectivity index (χ2n) is 7.17. The summed E-state index contributed by atoms with van der Waals surface area (Å²) in [5.74, 6) is 0.769. The zero-order valence-corrected chi connectivity index (χ0v) is 17.5. The standard InChI is InChI=1S/C25H23ClN2O2/c1-30-21-12-8-18(9-13-21)14-15-27-25(29)23-17-28(24-5-3-2-4-22(23)24)16-19-6-10-20(26)11-7-19/h2-13,17H,14-16H2,1H3,(H,27,29). The quantitative estimate of drug-likeness (QED) is 0.441. The molecule has 5 heteroatoms. The van der Waals surface area contributed by atoms with Crippen LogP contribution in [-0.4, -0.2) is 24.1 Å². The number of amides is 1. The van der Waals surface area contributed by atoms with Gasteiger partial charge in [0.05, 0.1) is 12.7 Å². The highest BCUT2D eigenvalue weighted by molar-refractivity contribution is 6.30. The molecule has 152 valence electrons. The number of carbonyl (C=O) groups excluding carboxylic acids is 1. The Morgan fingerprint density at radius 2 is 1.67 bits per heavy atom. The zero-order valence-electron chi connectivity index (χ0n) is 16.8. The Morgan fingerprint density at radius 3 is 2.40 bits per heavy atom. The Hall–Kier alpha value is -3.24. The predicted octanol–water partition coefficient (Wildman–Crippen LogP) is 5.32. The number of carbonyl (C=O) groups is 1. The van der Waals surface area contributed by atoms with Gasteiger partial charge >= 0.3 is 0 Å². The van der Waals surface area contributed by atoms with Crippen LogP contribution >= 0.6 is 11.6 Å². The van der Waals surface area contributed by atoms with E-state index >= 15 is 0 Å². The molecular weight excluding hydrogens is 396 g/mol. The molecule has 30 heavy (non-hydrogen) atoms. The van der Waals surface area contributed by atoms with E-state index < -0.39 is 0 Å². The number of aromatic nitrogens is 1. The number of methoxy groups -OCH3 is 1. The largest absolute Gasteiger partial charge is 0.497 e. The normalized spacial score (nSPS) is 10.9. The average molecular weight is 419 g/mol. The van der Waals surface area contributed by atoms with E-state index in [1.807, 2.05) is 79.0 Å². The fourth-order valence-corrected chi connectivity index (χ4v) is 3.68. The molecule has 0 aliphatic heterocycles. The van der Waals surface area contributed by atoms with Gasteiger partial charge in [0.2, 0.25) is 0 Å². The molecule has 1 aromatic heterocycles. The Bertz CT molecular complexity index is 1150. The second-order valence-corrected chi connectivity index (χ2v) is 7.60. The van der Waals surface area contributed by atoms with Crippen LogP contribution in [0.15, 0.2) is 79.0 Å². The fraction of sp³-hybridized carbons (Fsp3) is 0.160. The third-order valence-electron chi connectivity index (χ3n) is 5.16. The van der Waals surface area contributed by atoms with Gasteiger partial charge in [0, 0.05) is 35.2 Å². The summed E-state index contributed by atoms with van der Waals surface area (Å²) in [5, 5.41) is 4.72. The molecule has 0 bridgehead atoms. The molecule has 1 N–H and O–H groups in total. The number of fused-ring (bicyclic) bond motifs is 1. The number of nitrogens with one attached hydrogen (secondary N) is 1. The molecule has 4 aromatic rings. The van der Waals surface area contributed by atoms with Crippen LogP contribution in [0.3, 0.4) is 0 Å². The highest BCUT2D eigenvalue weighted by Crippen LogP contribution is 2.23. The first-order valence-electron chi connectivity index (χ1n) is 9.87. The predicted molar refractivity (Wildman–Crippen MR) is 122 cm³/mol. The molecule has 0 fully saturated rings. The molecule has 0 aliphatic rings. The van der Waals surface area contributed by atoms with Gasteiger partial charge in [-0.05, 0) is 47.9 Å². The molecule has 1 amide bonds.